The fourth-order valence-corrected chi connectivity index (χ4v) is 1.87. The summed E-state index contributed by atoms with van der Waals surface area (Å²) in [7, 11) is 3.14. The van der Waals surface area contributed by atoms with Gasteiger partial charge in [-0.2, -0.15) is 0 Å². The van der Waals surface area contributed by atoms with Crippen molar-refractivity contribution in [3.8, 4) is 5.75 Å². The van der Waals surface area contributed by atoms with Gasteiger partial charge in [0.2, 0.25) is 0 Å². The van der Waals surface area contributed by atoms with Crippen LogP contribution in [-0.2, 0) is 9.53 Å². The van der Waals surface area contributed by atoms with Gasteiger partial charge in [-0.1, -0.05) is 17.7 Å². The van der Waals surface area contributed by atoms with Gasteiger partial charge in [0.1, 0.15) is 5.75 Å². The highest BCUT2D eigenvalue weighted by atomic mass is 16.5. The molecule has 0 bridgehead atoms. The minimum absolute atomic E-state index is 0.0416. The third-order valence-electron chi connectivity index (χ3n) is 2.95. The molecule has 1 atom stereocenters. The van der Waals surface area contributed by atoms with Crippen LogP contribution in [-0.4, -0.2) is 55.9 Å². The highest BCUT2D eigenvalue weighted by Gasteiger charge is 2.14. The topological polar surface area (TPSA) is 59.0 Å². The lowest BCUT2D eigenvalue weighted by molar-refractivity contribution is -0.133. The van der Waals surface area contributed by atoms with E-state index in [4.69, 9.17) is 9.47 Å². The maximum Gasteiger partial charge on any atom is 0.260 e. The van der Waals surface area contributed by atoms with E-state index in [1.54, 1.807) is 7.05 Å². The van der Waals surface area contributed by atoms with Crippen LogP contribution in [0.4, 0.5) is 0 Å². The summed E-state index contributed by atoms with van der Waals surface area (Å²) in [5.74, 6) is 0.523. The van der Waals surface area contributed by atoms with Gasteiger partial charge in [0.25, 0.3) is 5.91 Å². The monoisotopic (exact) mass is 281 g/mol. The number of methoxy groups -OCH3 is 1. The molecule has 5 nitrogen and oxygen atoms in total. The van der Waals surface area contributed by atoms with Gasteiger partial charge < -0.3 is 19.5 Å². The summed E-state index contributed by atoms with van der Waals surface area (Å²) in [6.07, 6.45) is -0.685. The minimum atomic E-state index is -0.685. The first-order chi connectivity index (χ1) is 9.43. The molecule has 0 fully saturated rings. The van der Waals surface area contributed by atoms with Crippen molar-refractivity contribution in [2.24, 2.45) is 0 Å². The molecular weight excluding hydrogens is 258 g/mol. The predicted octanol–water partition coefficient (Wildman–Crippen LogP) is 1.15. The van der Waals surface area contributed by atoms with Crippen LogP contribution in [0.5, 0.6) is 5.75 Å². The highest BCUT2D eigenvalue weighted by Crippen LogP contribution is 2.18. The number of aliphatic hydroxyl groups excluding tert-OH is 1. The largest absolute Gasteiger partial charge is 0.484 e. The predicted molar refractivity (Wildman–Crippen MR) is 76.9 cm³/mol. The van der Waals surface area contributed by atoms with Crippen LogP contribution >= 0.6 is 0 Å². The van der Waals surface area contributed by atoms with Crippen LogP contribution in [0.1, 0.15) is 11.1 Å². The Kier molecular flexibility index (Phi) is 6.48. The van der Waals surface area contributed by atoms with E-state index in [9.17, 15) is 9.90 Å². The zero-order chi connectivity index (χ0) is 15.1. The van der Waals surface area contributed by atoms with Gasteiger partial charge in [0.05, 0.1) is 12.7 Å². The van der Waals surface area contributed by atoms with Gasteiger partial charge in [-0.15, -0.1) is 0 Å². The van der Waals surface area contributed by atoms with Gasteiger partial charge >= 0.3 is 0 Å². The first kappa shape index (κ1) is 16.5. The quantitative estimate of drug-likeness (QED) is 0.814. The number of amides is 1. The number of nitrogens with zero attached hydrogens (tertiary/aromatic N) is 1. The highest BCUT2D eigenvalue weighted by molar-refractivity contribution is 5.77. The molecule has 0 aliphatic heterocycles. The second-order valence-electron chi connectivity index (χ2n) is 4.94. The second kappa shape index (κ2) is 7.87. The van der Waals surface area contributed by atoms with Crippen LogP contribution in [0.15, 0.2) is 18.2 Å². The molecule has 1 N–H and O–H groups in total. The number of benzene rings is 1. The molecule has 1 unspecified atom stereocenters. The van der Waals surface area contributed by atoms with E-state index in [0.29, 0.717) is 5.75 Å². The van der Waals surface area contributed by atoms with E-state index in [-0.39, 0.29) is 25.7 Å². The second-order valence-corrected chi connectivity index (χ2v) is 4.94. The van der Waals surface area contributed by atoms with Gasteiger partial charge in [-0.3, -0.25) is 4.79 Å². The molecule has 0 aliphatic carbocycles. The van der Waals surface area contributed by atoms with Crippen molar-refractivity contribution in [3.05, 3.63) is 29.3 Å². The van der Waals surface area contributed by atoms with E-state index in [1.165, 1.54) is 12.0 Å². The Balaban J connectivity index is 2.46. The molecule has 1 aromatic rings. The van der Waals surface area contributed by atoms with Crippen LogP contribution < -0.4 is 4.74 Å². The number of carbonyl (C=O) groups excluding carboxylic acids is 1. The number of rotatable bonds is 7. The summed E-state index contributed by atoms with van der Waals surface area (Å²) < 4.78 is 10.3. The molecule has 1 aromatic carbocycles. The minimum Gasteiger partial charge on any atom is -0.484 e. The zero-order valence-electron chi connectivity index (χ0n) is 12.5. The Morgan fingerprint density at radius 2 is 2.10 bits per heavy atom. The van der Waals surface area contributed by atoms with Crippen molar-refractivity contribution in [2.45, 2.75) is 20.0 Å². The summed E-state index contributed by atoms with van der Waals surface area (Å²) in [6.45, 7) is 4.34. The molecule has 1 rings (SSSR count). The third-order valence-corrected chi connectivity index (χ3v) is 2.95. The SMILES string of the molecule is COCC(O)CN(C)C(=O)COc1ccc(C)cc1C. The molecule has 112 valence electrons. The van der Waals surface area contributed by atoms with Crippen molar-refractivity contribution < 1.29 is 19.4 Å². The zero-order valence-corrected chi connectivity index (χ0v) is 12.5. The third kappa shape index (κ3) is 5.19. The number of hydrogen-bond acceptors (Lipinski definition) is 4. The number of carbonyl (C=O) groups is 1. The standard InChI is InChI=1S/C15H23NO4/c1-11-5-6-14(12(2)7-11)20-10-15(18)16(3)8-13(17)9-19-4/h5-7,13,17H,8-10H2,1-4H3. The van der Waals surface area contributed by atoms with Gasteiger partial charge in [0, 0.05) is 20.7 Å². The lowest BCUT2D eigenvalue weighted by atomic mass is 10.1. The normalized spacial score (nSPS) is 12.1. The Labute approximate surface area is 120 Å². The van der Waals surface area contributed by atoms with E-state index in [1.807, 2.05) is 32.0 Å². The van der Waals surface area contributed by atoms with Crippen LogP contribution in [0, 0.1) is 13.8 Å². The molecule has 1 amide bonds. The Morgan fingerprint density at radius 1 is 1.40 bits per heavy atom. The first-order valence-electron chi connectivity index (χ1n) is 6.55. The van der Waals surface area contributed by atoms with Crippen molar-refractivity contribution in [3.63, 3.8) is 0 Å². The van der Waals surface area contributed by atoms with Crippen molar-refractivity contribution >= 4 is 5.91 Å². The van der Waals surface area contributed by atoms with Gasteiger partial charge in [-0.05, 0) is 25.5 Å². The number of aliphatic hydroxyl groups is 1. The maximum atomic E-state index is 11.9. The molecule has 0 spiro atoms. The van der Waals surface area contributed by atoms with E-state index >= 15 is 0 Å². The lowest BCUT2D eigenvalue weighted by Crippen LogP contribution is -2.38. The molecule has 5 heteroatoms. The Hall–Kier alpha value is -1.59. The Bertz CT molecular complexity index is 447. The van der Waals surface area contributed by atoms with Gasteiger partial charge in [0.15, 0.2) is 6.61 Å². The van der Waals surface area contributed by atoms with Crippen LogP contribution in [0.2, 0.25) is 0 Å². The molecule has 0 heterocycles. The number of ether oxygens (including phenoxy) is 2. The molecule has 0 radical (unpaired) electrons. The molecular formula is C15H23NO4. The average Bonchev–Trinajstić information content (AvgIpc) is 2.37. The summed E-state index contributed by atoms with van der Waals surface area (Å²) in [5, 5.41) is 9.57. The van der Waals surface area contributed by atoms with E-state index in [0.717, 1.165) is 11.1 Å². The smallest absolute Gasteiger partial charge is 0.260 e. The van der Waals surface area contributed by atoms with E-state index in [2.05, 4.69) is 0 Å². The number of hydrogen-bond donors (Lipinski definition) is 1. The first-order valence-corrected chi connectivity index (χ1v) is 6.55. The van der Waals surface area contributed by atoms with Crippen molar-refractivity contribution in [2.75, 3.05) is 33.9 Å². The summed E-state index contributed by atoms with van der Waals surface area (Å²) in [5.41, 5.74) is 2.15. The molecule has 0 saturated carbocycles. The Morgan fingerprint density at radius 3 is 2.70 bits per heavy atom. The summed E-state index contributed by atoms with van der Waals surface area (Å²) in [6, 6.07) is 5.81. The fourth-order valence-electron chi connectivity index (χ4n) is 1.87. The molecule has 0 aliphatic rings. The van der Waals surface area contributed by atoms with E-state index < -0.39 is 6.10 Å². The summed E-state index contributed by atoms with van der Waals surface area (Å²) >= 11 is 0. The molecule has 20 heavy (non-hydrogen) atoms. The number of aryl methyl sites for hydroxylation is 2. The van der Waals surface area contributed by atoms with Crippen molar-refractivity contribution in [1.29, 1.82) is 0 Å². The van der Waals surface area contributed by atoms with Crippen LogP contribution in [0.3, 0.4) is 0 Å². The fraction of sp³-hybridized carbons (Fsp3) is 0.533. The number of likely N-dealkylation sites (N-methyl/N-ethyl adjacent to an activating group) is 1. The summed E-state index contributed by atoms with van der Waals surface area (Å²) in [4.78, 5) is 13.3. The average molecular weight is 281 g/mol. The van der Waals surface area contributed by atoms with Crippen molar-refractivity contribution in [1.82, 2.24) is 4.90 Å². The lowest BCUT2D eigenvalue weighted by Gasteiger charge is -2.20. The maximum absolute atomic E-state index is 11.9. The molecule has 0 saturated heterocycles. The molecule has 0 aromatic heterocycles. The van der Waals surface area contributed by atoms with Crippen LogP contribution in [0.25, 0.3) is 0 Å². The van der Waals surface area contributed by atoms with Gasteiger partial charge in [-0.25, -0.2) is 0 Å².